The van der Waals surface area contributed by atoms with E-state index < -0.39 is 0 Å². The van der Waals surface area contributed by atoms with Crippen molar-refractivity contribution in [3.05, 3.63) is 64.7 Å². The van der Waals surface area contributed by atoms with E-state index >= 15 is 0 Å². The third-order valence-corrected chi connectivity index (χ3v) is 4.29. The molecule has 2 aromatic carbocycles. The van der Waals surface area contributed by atoms with Crippen LogP contribution in [-0.4, -0.2) is 13.0 Å². The second-order valence-electron chi connectivity index (χ2n) is 5.24. The molecule has 0 aliphatic carbocycles. The number of rotatable bonds is 3. The predicted molar refractivity (Wildman–Crippen MR) is 85.5 cm³/mol. The topological polar surface area (TPSA) is 32.3 Å². The highest BCUT2D eigenvalue weighted by atomic mass is 35.5. The van der Waals surface area contributed by atoms with Gasteiger partial charge in [0.15, 0.2) is 0 Å². The summed E-state index contributed by atoms with van der Waals surface area (Å²) in [6.45, 7) is 0.648. The number of nitrogens with zero attached hydrogens (tertiary/aromatic N) is 1. The molecule has 3 rings (SSSR count). The minimum atomic E-state index is 0.0289. The molecule has 2 aromatic rings. The van der Waals surface area contributed by atoms with Crippen molar-refractivity contribution in [3.63, 3.8) is 0 Å². The van der Waals surface area contributed by atoms with Gasteiger partial charge in [-0.1, -0.05) is 48.0 Å². The molecule has 0 saturated carbocycles. The summed E-state index contributed by atoms with van der Waals surface area (Å²) in [4.78, 5) is 13.8. The first-order valence-electron chi connectivity index (χ1n) is 6.99. The molecule has 108 valence electrons. The third-order valence-electron chi connectivity index (χ3n) is 3.92. The van der Waals surface area contributed by atoms with E-state index in [0.29, 0.717) is 13.0 Å². The van der Waals surface area contributed by atoms with Crippen LogP contribution in [0.15, 0.2) is 48.5 Å². The van der Waals surface area contributed by atoms with E-state index in [9.17, 15) is 4.79 Å². The number of hydrogen-bond donors (Lipinski definition) is 1. The normalized spacial score (nSPS) is 17.7. The summed E-state index contributed by atoms with van der Waals surface area (Å²) in [5.41, 5.74) is 3.18. The number of nitrogens with one attached hydrogen (secondary N) is 1. The van der Waals surface area contributed by atoms with Gasteiger partial charge in [0.2, 0.25) is 5.91 Å². The maximum atomic E-state index is 12.1. The summed E-state index contributed by atoms with van der Waals surface area (Å²) in [5.74, 6) is 0.130. The smallest absolute Gasteiger partial charge is 0.228 e. The fourth-order valence-electron chi connectivity index (χ4n) is 2.70. The van der Waals surface area contributed by atoms with Gasteiger partial charge in [-0.3, -0.25) is 4.79 Å². The largest absolute Gasteiger partial charge is 0.315 e. The fraction of sp³-hybridized carbons (Fsp3) is 0.235. The summed E-state index contributed by atoms with van der Waals surface area (Å²) >= 11 is 6.18. The van der Waals surface area contributed by atoms with Gasteiger partial charge in [0, 0.05) is 36.8 Å². The molecule has 3 nitrogen and oxygen atoms in total. The maximum Gasteiger partial charge on any atom is 0.228 e. The van der Waals surface area contributed by atoms with Crippen molar-refractivity contribution in [1.29, 1.82) is 0 Å². The molecule has 1 amide bonds. The van der Waals surface area contributed by atoms with Crippen molar-refractivity contribution >= 4 is 23.2 Å². The van der Waals surface area contributed by atoms with Crippen LogP contribution < -0.4 is 10.2 Å². The molecule has 1 heterocycles. The van der Waals surface area contributed by atoms with Crippen LogP contribution in [0.2, 0.25) is 5.02 Å². The molecule has 21 heavy (non-hydrogen) atoms. The highest BCUT2D eigenvalue weighted by Gasteiger charge is 2.28. The lowest BCUT2D eigenvalue weighted by Crippen LogP contribution is -2.37. The van der Waals surface area contributed by atoms with Crippen molar-refractivity contribution < 1.29 is 4.79 Å². The summed E-state index contributed by atoms with van der Waals surface area (Å²) in [7, 11) is 1.82. The molecule has 0 aromatic heterocycles. The van der Waals surface area contributed by atoms with E-state index in [2.05, 4.69) is 11.4 Å². The van der Waals surface area contributed by atoms with Crippen LogP contribution in [0.25, 0.3) is 0 Å². The van der Waals surface area contributed by atoms with Crippen molar-refractivity contribution in [2.24, 2.45) is 0 Å². The van der Waals surface area contributed by atoms with Gasteiger partial charge in [0.25, 0.3) is 0 Å². The molecule has 1 N–H and O–H groups in total. The van der Waals surface area contributed by atoms with E-state index in [1.54, 1.807) is 4.90 Å². The van der Waals surface area contributed by atoms with Crippen LogP contribution in [0.3, 0.4) is 0 Å². The molecule has 0 spiro atoms. The number of halogens is 1. The van der Waals surface area contributed by atoms with Gasteiger partial charge in [-0.15, -0.1) is 0 Å². The van der Waals surface area contributed by atoms with E-state index in [0.717, 1.165) is 21.8 Å². The highest BCUT2D eigenvalue weighted by Crippen LogP contribution is 2.33. The average Bonchev–Trinajstić information content (AvgIpc) is 2.51. The van der Waals surface area contributed by atoms with Crippen molar-refractivity contribution in [2.45, 2.75) is 19.0 Å². The Bertz CT molecular complexity index is 671. The second kappa shape index (κ2) is 5.88. The summed E-state index contributed by atoms with van der Waals surface area (Å²) in [5, 5.41) is 4.20. The molecule has 0 radical (unpaired) electrons. The lowest BCUT2D eigenvalue weighted by atomic mass is 9.96. The Morgan fingerprint density at radius 1 is 1.19 bits per heavy atom. The zero-order valence-electron chi connectivity index (χ0n) is 11.8. The predicted octanol–water partition coefficient (Wildman–Crippen LogP) is 3.54. The first-order chi connectivity index (χ1) is 10.2. The van der Waals surface area contributed by atoms with Gasteiger partial charge in [0.05, 0.1) is 0 Å². The van der Waals surface area contributed by atoms with Crippen LogP contribution in [0.4, 0.5) is 5.69 Å². The Labute approximate surface area is 129 Å². The van der Waals surface area contributed by atoms with Crippen LogP contribution in [0.1, 0.15) is 23.6 Å². The molecule has 0 saturated heterocycles. The standard InChI is InChI=1S/C17H17ClN2O/c1-20-16-9-5-3-7-13(16)15(10-17(20)21)19-11-12-6-2-4-8-14(12)18/h2-9,15,19H,10-11H2,1H3. The molecule has 4 heteroatoms. The monoisotopic (exact) mass is 300 g/mol. The Hall–Kier alpha value is -1.84. The average molecular weight is 301 g/mol. The van der Waals surface area contributed by atoms with Gasteiger partial charge in [-0.2, -0.15) is 0 Å². The Balaban J connectivity index is 1.82. The van der Waals surface area contributed by atoms with Crippen molar-refractivity contribution in [2.75, 3.05) is 11.9 Å². The summed E-state index contributed by atoms with van der Waals surface area (Å²) < 4.78 is 0. The number of benzene rings is 2. The van der Waals surface area contributed by atoms with Gasteiger partial charge in [-0.25, -0.2) is 0 Å². The van der Waals surface area contributed by atoms with Crippen molar-refractivity contribution in [1.82, 2.24) is 5.32 Å². The molecular formula is C17H17ClN2O. The molecular weight excluding hydrogens is 284 g/mol. The molecule has 1 atom stereocenters. The number of fused-ring (bicyclic) bond motifs is 1. The quantitative estimate of drug-likeness (QED) is 0.940. The lowest BCUT2D eigenvalue weighted by Gasteiger charge is -2.32. The molecule has 1 aliphatic rings. The summed E-state index contributed by atoms with van der Waals surface area (Å²) in [6, 6.07) is 15.8. The van der Waals surface area contributed by atoms with E-state index in [-0.39, 0.29) is 11.9 Å². The molecule has 0 bridgehead atoms. The lowest BCUT2D eigenvalue weighted by molar-refractivity contribution is -0.119. The number of amides is 1. The third kappa shape index (κ3) is 2.80. The Morgan fingerprint density at radius 3 is 2.71 bits per heavy atom. The molecule has 1 unspecified atom stereocenters. The van der Waals surface area contributed by atoms with Gasteiger partial charge < -0.3 is 10.2 Å². The Morgan fingerprint density at radius 2 is 1.90 bits per heavy atom. The number of para-hydroxylation sites is 1. The molecule has 1 aliphatic heterocycles. The van der Waals surface area contributed by atoms with Crippen LogP contribution in [0.5, 0.6) is 0 Å². The zero-order valence-corrected chi connectivity index (χ0v) is 12.6. The number of hydrogen-bond acceptors (Lipinski definition) is 2. The van der Waals surface area contributed by atoms with E-state index in [1.165, 1.54) is 0 Å². The van der Waals surface area contributed by atoms with E-state index in [1.807, 2.05) is 49.5 Å². The fourth-order valence-corrected chi connectivity index (χ4v) is 2.90. The SMILES string of the molecule is CN1C(=O)CC(NCc2ccccc2Cl)c2ccccc21. The zero-order chi connectivity index (χ0) is 14.8. The number of carbonyl (C=O) groups is 1. The summed E-state index contributed by atoms with van der Waals surface area (Å²) in [6.07, 6.45) is 0.470. The minimum absolute atomic E-state index is 0.0289. The Kier molecular flexibility index (Phi) is 3.95. The first kappa shape index (κ1) is 14.1. The maximum absolute atomic E-state index is 12.1. The second-order valence-corrected chi connectivity index (χ2v) is 5.65. The van der Waals surface area contributed by atoms with Crippen LogP contribution >= 0.6 is 11.6 Å². The number of anilines is 1. The van der Waals surface area contributed by atoms with Gasteiger partial charge in [-0.05, 0) is 23.3 Å². The van der Waals surface area contributed by atoms with Gasteiger partial charge >= 0.3 is 0 Å². The molecule has 0 fully saturated rings. The minimum Gasteiger partial charge on any atom is -0.315 e. The van der Waals surface area contributed by atoms with Gasteiger partial charge in [0.1, 0.15) is 0 Å². The van der Waals surface area contributed by atoms with Crippen molar-refractivity contribution in [3.8, 4) is 0 Å². The van der Waals surface area contributed by atoms with E-state index in [4.69, 9.17) is 11.6 Å². The number of carbonyl (C=O) groups excluding carboxylic acids is 1. The first-order valence-corrected chi connectivity index (χ1v) is 7.37. The van der Waals surface area contributed by atoms with Crippen LogP contribution in [-0.2, 0) is 11.3 Å². The van der Waals surface area contributed by atoms with Crippen LogP contribution in [0, 0.1) is 0 Å². The highest BCUT2D eigenvalue weighted by molar-refractivity contribution is 6.31.